The lowest BCUT2D eigenvalue weighted by atomic mass is 10.0. The molecule has 0 amide bonds. The van der Waals surface area contributed by atoms with Crippen LogP contribution in [0.5, 0.6) is 0 Å². The van der Waals surface area contributed by atoms with Crippen molar-refractivity contribution < 1.29 is 4.79 Å². The molecule has 0 unspecified atom stereocenters. The van der Waals surface area contributed by atoms with Crippen LogP contribution in [0.3, 0.4) is 0 Å². The number of nitriles is 1. The normalized spacial score (nSPS) is 10.1. The first-order valence-electron chi connectivity index (χ1n) is 5.98. The maximum absolute atomic E-state index is 12.4. The number of aromatic nitrogens is 2. The van der Waals surface area contributed by atoms with E-state index in [0.29, 0.717) is 5.56 Å². The van der Waals surface area contributed by atoms with Gasteiger partial charge in [-0.3, -0.25) is 18.7 Å². The van der Waals surface area contributed by atoms with Crippen LogP contribution in [0.4, 0.5) is 5.82 Å². The summed E-state index contributed by atoms with van der Waals surface area (Å²) in [5, 5.41) is 8.73. The van der Waals surface area contributed by atoms with Crippen molar-refractivity contribution in [1.82, 2.24) is 9.13 Å². The molecule has 0 spiro atoms. The predicted molar refractivity (Wildman–Crippen MR) is 75.9 cm³/mol. The molecule has 0 aliphatic heterocycles. The number of carbonyl (C=O) groups is 1. The monoisotopic (exact) mass is 284 g/mol. The molecule has 1 heterocycles. The third kappa shape index (κ3) is 2.23. The average Bonchev–Trinajstić information content (AvgIpc) is 2.51. The molecule has 2 rings (SSSR count). The molecule has 1 aromatic heterocycles. The number of benzene rings is 1. The lowest BCUT2D eigenvalue weighted by molar-refractivity contribution is 0.103. The van der Waals surface area contributed by atoms with Crippen LogP contribution in [-0.4, -0.2) is 14.9 Å². The Morgan fingerprint density at radius 3 is 2.24 bits per heavy atom. The number of rotatable bonds is 2. The Morgan fingerprint density at radius 2 is 1.71 bits per heavy atom. The van der Waals surface area contributed by atoms with Gasteiger partial charge in [0.25, 0.3) is 5.56 Å². The van der Waals surface area contributed by atoms with E-state index in [2.05, 4.69) is 0 Å². The molecule has 0 radical (unpaired) electrons. The second-order valence-corrected chi connectivity index (χ2v) is 4.48. The summed E-state index contributed by atoms with van der Waals surface area (Å²) in [6.45, 7) is 0. The first kappa shape index (κ1) is 14.3. The number of nitrogens with two attached hydrogens (primary N) is 1. The third-order valence-electron chi connectivity index (χ3n) is 3.21. The molecule has 0 saturated heterocycles. The highest BCUT2D eigenvalue weighted by Crippen LogP contribution is 2.12. The van der Waals surface area contributed by atoms with Crippen molar-refractivity contribution in [2.45, 2.75) is 0 Å². The van der Waals surface area contributed by atoms with Crippen LogP contribution in [0.2, 0.25) is 0 Å². The van der Waals surface area contributed by atoms with Crippen molar-refractivity contribution >= 4 is 11.6 Å². The largest absolute Gasteiger partial charge is 0.384 e. The first-order valence-corrected chi connectivity index (χ1v) is 5.98. The van der Waals surface area contributed by atoms with Crippen LogP contribution in [-0.2, 0) is 14.1 Å². The molecule has 2 aromatic rings. The van der Waals surface area contributed by atoms with Gasteiger partial charge in [-0.15, -0.1) is 0 Å². The van der Waals surface area contributed by atoms with Crippen LogP contribution < -0.4 is 17.0 Å². The van der Waals surface area contributed by atoms with E-state index in [1.165, 1.54) is 38.4 Å². The molecule has 0 aliphatic carbocycles. The van der Waals surface area contributed by atoms with Crippen molar-refractivity contribution in [3.8, 4) is 6.07 Å². The molecular formula is C14H12N4O3. The Bertz CT molecular complexity index is 883. The fourth-order valence-electron chi connectivity index (χ4n) is 1.91. The summed E-state index contributed by atoms with van der Waals surface area (Å²) in [4.78, 5) is 36.2. The van der Waals surface area contributed by atoms with Crippen molar-refractivity contribution in [2.75, 3.05) is 5.73 Å². The second-order valence-electron chi connectivity index (χ2n) is 4.48. The second kappa shape index (κ2) is 5.09. The Kier molecular flexibility index (Phi) is 3.46. The van der Waals surface area contributed by atoms with Gasteiger partial charge in [-0.2, -0.15) is 5.26 Å². The van der Waals surface area contributed by atoms with Gasteiger partial charge in [0.1, 0.15) is 11.4 Å². The predicted octanol–water partition coefficient (Wildman–Crippen LogP) is -0.231. The van der Waals surface area contributed by atoms with E-state index in [-0.39, 0.29) is 16.9 Å². The lowest BCUT2D eigenvalue weighted by Gasteiger charge is -2.10. The van der Waals surface area contributed by atoms with Gasteiger partial charge in [0.2, 0.25) is 5.78 Å². The SMILES string of the molecule is Cn1c(N)c(C(=O)c2ccc(C#N)cc2)c(=O)n(C)c1=O. The van der Waals surface area contributed by atoms with Crippen LogP contribution in [0.1, 0.15) is 21.5 Å². The highest BCUT2D eigenvalue weighted by Gasteiger charge is 2.21. The van der Waals surface area contributed by atoms with Crippen molar-refractivity contribution in [3.05, 3.63) is 61.8 Å². The minimum Gasteiger partial charge on any atom is -0.384 e. The van der Waals surface area contributed by atoms with Gasteiger partial charge in [0, 0.05) is 19.7 Å². The molecule has 0 atom stereocenters. The Morgan fingerprint density at radius 1 is 1.14 bits per heavy atom. The molecule has 0 fully saturated rings. The van der Waals surface area contributed by atoms with Crippen molar-refractivity contribution in [2.24, 2.45) is 14.1 Å². The molecule has 2 N–H and O–H groups in total. The summed E-state index contributed by atoms with van der Waals surface area (Å²) in [6.07, 6.45) is 0. The number of nitrogen functional groups attached to an aromatic ring is 1. The molecule has 0 aliphatic rings. The van der Waals surface area contributed by atoms with E-state index in [9.17, 15) is 14.4 Å². The maximum atomic E-state index is 12.4. The highest BCUT2D eigenvalue weighted by molar-refractivity contribution is 6.11. The maximum Gasteiger partial charge on any atom is 0.332 e. The topological polar surface area (TPSA) is 111 Å². The molecule has 0 saturated carbocycles. The van der Waals surface area contributed by atoms with Crippen LogP contribution in [0, 0.1) is 11.3 Å². The van der Waals surface area contributed by atoms with Crippen molar-refractivity contribution in [1.29, 1.82) is 5.26 Å². The zero-order chi connectivity index (χ0) is 15.7. The third-order valence-corrected chi connectivity index (χ3v) is 3.21. The van der Waals surface area contributed by atoms with Gasteiger partial charge in [0.15, 0.2) is 0 Å². The van der Waals surface area contributed by atoms with E-state index in [4.69, 9.17) is 11.0 Å². The number of anilines is 1. The summed E-state index contributed by atoms with van der Waals surface area (Å²) in [5.41, 5.74) is 4.73. The zero-order valence-corrected chi connectivity index (χ0v) is 11.5. The molecule has 7 heteroatoms. The molecule has 7 nitrogen and oxygen atoms in total. The van der Waals surface area contributed by atoms with Gasteiger partial charge in [-0.1, -0.05) is 0 Å². The Labute approximate surface area is 119 Å². The standard InChI is InChI=1S/C14H12N4O3/c1-17-12(16)10(13(20)18(2)14(17)21)11(19)9-5-3-8(7-15)4-6-9/h3-6H,16H2,1-2H3. The van der Waals surface area contributed by atoms with Crippen LogP contribution in [0.25, 0.3) is 0 Å². The molecule has 1 aromatic carbocycles. The van der Waals surface area contributed by atoms with Crippen molar-refractivity contribution in [3.63, 3.8) is 0 Å². The Balaban J connectivity index is 2.67. The molecular weight excluding hydrogens is 272 g/mol. The molecule has 106 valence electrons. The van der Waals surface area contributed by atoms with Crippen LogP contribution >= 0.6 is 0 Å². The summed E-state index contributed by atoms with van der Waals surface area (Å²) < 4.78 is 1.87. The first-order chi connectivity index (χ1) is 9.88. The van der Waals surface area contributed by atoms with Gasteiger partial charge >= 0.3 is 5.69 Å². The number of hydrogen-bond acceptors (Lipinski definition) is 5. The van der Waals surface area contributed by atoms with E-state index < -0.39 is 17.0 Å². The number of nitrogens with zero attached hydrogens (tertiary/aromatic N) is 3. The van der Waals surface area contributed by atoms with Gasteiger partial charge in [-0.05, 0) is 24.3 Å². The fourth-order valence-corrected chi connectivity index (χ4v) is 1.91. The number of ketones is 1. The zero-order valence-electron chi connectivity index (χ0n) is 11.5. The van der Waals surface area contributed by atoms with E-state index in [1.54, 1.807) is 0 Å². The van der Waals surface area contributed by atoms with E-state index in [0.717, 1.165) is 9.13 Å². The highest BCUT2D eigenvalue weighted by atomic mass is 16.2. The minimum absolute atomic E-state index is 0.183. The number of carbonyl (C=O) groups excluding carboxylic acids is 1. The summed E-state index contributed by atoms with van der Waals surface area (Å²) in [5.74, 6) is -0.773. The smallest absolute Gasteiger partial charge is 0.332 e. The van der Waals surface area contributed by atoms with Gasteiger partial charge in [0.05, 0.1) is 11.6 Å². The quantitative estimate of drug-likeness (QED) is 0.766. The summed E-state index contributed by atoms with van der Waals surface area (Å²) in [7, 11) is 2.66. The average molecular weight is 284 g/mol. The molecule has 0 bridgehead atoms. The van der Waals surface area contributed by atoms with Gasteiger partial charge < -0.3 is 5.73 Å². The fraction of sp³-hybridized carbons (Fsp3) is 0.143. The van der Waals surface area contributed by atoms with Crippen LogP contribution in [0.15, 0.2) is 33.9 Å². The summed E-state index contributed by atoms with van der Waals surface area (Å²) in [6, 6.07) is 7.74. The number of hydrogen-bond donors (Lipinski definition) is 1. The molecule has 21 heavy (non-hydrogen) atoms. The van der Waals surface area contributed by atoms with E-state index >= 15 is 0 Å². The van der Waals surface area contributed by atoms with Gasteiger partial charge in [-0.25, -0.2) is 4.79 Å². The van der Waals surface area contributed by atoms with E-state index in [1.807, 2.05) is 6.07 Å². The Hall–Kier alpha value is -3.14. The lowest BCUT2D eigenvalue weighted by Crippen LogP contribution is -2.41. The minimum atomic E-state index is -0.745. The summed E-state index contributed by atoms with van der Waals surface area (Å²) >= 11 is 0.